The lowest BCUT2D eigenvalue weighted by Crippen LogP contribution is -1.94. The smallest absolute Gasteiger partial charge is 0.123 e. The highest BCUT2D eigenvalue weighted by molar-refractivity contribution is 7.10. The molecule has 2 rings (SSSR count). The molecule has 1 nitrogen and oxygen atoms in total. The largest absolute Gasteiger partial charge is 0.326 e. The van der Waals surface area contributed by atoms with Crippen LogP contribution in [-0.4, -0.2) is 0 Å². The molecule has 0 fully saturated rings. The molecule has 0 aliphatic carbocycles. The lowest BCUT2D eigenvalue weighted by molar-refractivity contribution is 0.628. The van der Waals surface area contributed by atoms with Crippen LogP contribution in [0.1, 0.15) is 4.88 Å². The third kappa shape index (κ3) is 1.69. The Bertz CT molecular complexity index is 436. The van der Waals surface area contributed by atoms with Crippen LogP contribution >= 0.6 is 11.3 Å². The van der Waals surface area contributed by atoms with Crippen molar-refractivity contribution in [2.75, 3.05) is 0 Å². The minimum Gasteiger partial charge on any atom is -0.326 e. The lowest BCUT2D eigenvalue weighted by atomic mass is 10.1. The van der Waals surface area contributed by atoms with Crippen molar-refractivity contribution in [2.24, 2.45) is 5.73 Å². The molecule has 72 valence electrons. The Morgan fingerprint density at radius 3 is 2.86 bits per heavy atom. The van der Waals surface area contributed by atoms with Gasteiger partial charge in [-0.05, 0) is 34.7 Å². The second kappa shape index (κ2) is 3.90. The number of rotatable bonds is 2. The van der Waals surface area contributed by atoms with Crippen LogP contribution in [0.4, 0.5) is 4.39 Å². The van der Waals surface area contributed by atoms with Crippen LogP contribution in [0.2, 0.25) is 0 Å². The first-order valence-electron chi connectivity index (χ1n) is 4.33. The van der Waals surface area contributed by atoms with Crippen LogP contribution in [0.15, 0.2) is 35.7 Å². The van der Waals surface area contributed by atoms with E-state index >= 15 is 0 Å². The van der Waals surface area contributed by atoms with E-state index in [4.69, 9.17) is 5.73 Å². The minimum atomic E-state index is -0.211. The lowest BCUT2D eigenvalue weighted by Gasteiger charge is -2.01. The zero-order valence-corrected chi connectivity index (χ0v) is 8.35. The van der Waals surface area contributed by atoms with Crippen LogP contribution in [0, 0.1) is 5.82 Å². The number of halogens is 1. The van der Waals surface area contributed by atoms with Gasteiger partial charge in [0.1, 0.15) is 5.82 Å². The number of hydrogen-bond donors (Lipinski definition) is 1. The maximum absolute atomic E-state index is 13.0. The molecule has 14 heavy (non-hydrogen) atoms. The van der Waals surface area contributed by atoms with Gasteiger partial charge in [0.2, 0.25) is 0 Å². The van der Waals surface area contributed by atoms with Gasteiger partial charge in [-0.15, -0.1) is 11.3 Å². The Kier molecular flexibility index (Phi) is 2.61. The molecule has 1 aromatic carbocycles. The second-order valence-corrected chi connectivity index (χ2v) is 3.97. The van der Waals surface area contributed by atoms with E-state index in [1.54, 1.807) is 17.4 Å². The molecule has 0 aliphatic rings. The number of thiophene rings is 1. The molecule has 0 amide bonds. The zero-order valence-electron chi connectivity index (χ0n) is 7.53. The third-order valence-corrected chi connectivity index (χ3v) is 3.01. The summed E-state index contributed by atoms with van der Waals surface area (Å²) < 4.78 is 13.0. The van der Waals surface area contributed by atoms with Gasteiger partial charge in [0.15, 0.2) is 0 Å². The van der Waals surface area contributed by atoms with Gasteiger partial charge in [0, 0.05) is 11.4 Å². The predicted molar refractivity (Wildman–Crippen MR) is 57.6 cm³/mol. The van der Waals surface area contributed by atoms with Gasteiger partial charge in [0.25, 0.3) is 0 Å². The van der Waals surface area contributed by atoms with Crippen LogP contribution in [0.3, 0.4) is 0 Å². The van der Waals surface area contributed by atoms with Gasteiger partial charge >= 0.3 is 0 Å². The molecule has 0 bridgehead atoms. The van der Waals surface area contributed by atoms with Crippen molar-refractivity contribution in [1.29, 1.82) is 0 Å². The summed E-state index contributed by atoms with van der Waals surface area (Å²) in [5.41, 5.74) is 7.52. The zero-order chi connectivity index (χ0) is 9.97. The number of benzene rings is 1. The van der Waals surface area contributed by atoms with Gasteiger partial charge in [-0.2, -0.15) is 0 Å². The summed E-state index contributed by atoms with van der Waals surface area (Å²) in [5.74, 6) is -0.211. The van der Waals surface area contributed by atoms with E-state index in [-0.39, 0.29) is 5.82 Å². The maximum atomic E-state index is 13.0. The van der Waals surface area contributed by atoms with Gasteiger partial charge in [0.05, 0.1) is 0 Å². The highest BCUT2D eigenvalue weighted by Crippen LogP contribution is 2.28. The van der Waals surface area contributed by atoms with Gasteiger partial charge in [-0.1, -0.05) is 12.1 Å². The molecule has 0 saturated carbocycles. The van der Waals surface area contributed by atoms with Crippen molar-refractivity contribution in [3.63, 3.8) is 0 Å². The van der Waals surface area contributed by atoms with Crippen molar-refractivity contribution in [3.05, 3.63) is 46.4 Å². The Morgan fingerprint density at radius 2 is 2.14 bits per heavy atom. The third-order valence-electron chi connectivity index (χ3n) is 2.07. The van der Waals surface area contributed by atoms with Crippen molar-refractivity contribution < 1.29 is 4.39 Å². The van der Waals surface area contributed by atoms with Gasteiger partial charge in [-0.3, -0.25) is 0 Å². The summed E-state index contributed by atoms with van der Waals surface area (Å²) in [5, 5.41) is 1.97. The van der Waals surface area contributed by atoms with Crippen LogP contribution in [-0.2, 0) is 6.54 Å². The monoisotopic (exact) mass is 207 g/mol. The van der Waals surface area contributed by atoms with Crippen molar-refractivity contribution in [2.45, 2.75) is 6.54 Å². The summed E-state index contributed by atoms with van der Waals surface area (Å²) >= 11 is 1.60. The molecular formula is C11H10FNS. The Morgan fingerprint density at radius 1 is 1.29 bits per heavy atom. The van der Waals surface area contributed by atoms with Gasteiger partial charge < -0.3 is 5.73 Å². The van der Waals surface area contributed by atoms with E-state index in [0.717, 1.165) is 16.0 Å². The average molecular weight is 207 g/mol. The van der Waals surface area contributed by atoms with Crippen molar-refractivity contribution in [1.82, 2.24) is 0 Å². The molecule has 3 heteroatoms. The highest BCUT2D eigenvalue weighted by atomic mass is 32.1. The summed E-state index contributed by atoms with van der Waals surface area (Å²) in [7, 11) is 0. The van der Waals surface area contributed by atoms with Crippen molar-refractivity contribution >= 4 is 11.3 Å². The number of nitrogens with two attached hydrogens (primary N) is 1. The molecule has 0 atom stereocenters. The average Bonchev–Trinajstić information content (AvgIpc) is 2.65. The Labute approximate surface area is 86.0 Å². The fourth-order valence-corrected chi connectivity index (χ4v) is 2.19. The summed E-state index contributed by atoms with van der Waals surface area (Å²) in [6.45, 7) is 0.503. The van der Waals surface area contributed by atoms with Gasteiger partial charge in [-0.25, -0.2) is 4.39 Å². The van der Waals surface area contributed by atoms with E-state index in [0.29, 0.717) is 6.54 Å². The first-order valence-corrected chi connectivity index (χ1v) is 5.21. The van der Waals surface area contributed by atoms with Crippen molar-refractivity contribution in [3.8, 4) is 11.1 Å². The van der Waals surface area contributed by atoms with Crippen LogP contribution < -0.4 is 5.73 Å². The molecule has 1 aromatic heterocycles. The minimum absolute atomic E-state index is 0.211. The molecule has 0 saturated heterocycles. The van der Waals surface area contributed by atoms with Crippen LogP contribution in [0.25, 0.3) is 11.1 Å². The first-order chi connectivity index (χ1) is 6.81. The maximum Gasteiger partial charge on any atom is 0.123 e. The molecule has 0 spiro atoms. The molecule has 0 unspecified atom stereocenters. The highest BCUT2D eigenvalue weighted by Gasteiger charge is 2.05. The topological polar surface area (TPSA) is 26.0 Å². The molecule has 2 aromatic rings. The predicted octanol–water partition coefficient (Wildman–Crippen LogP) is 3.01. The molecule has 0 radical (unpaired) electrons. The SMILES string of the molecule is NCc1sccc1-c1cccc(F)c1. The van der Waals surface area contributed by atoms with E-state index in [2.05, 4.69) is 0 Å². The second-order valence-electron chi connectivity index (χ2n) is 2.97. The van der Waals surface area contributed by atoms with E-state index < -0.39 is 0 Å². The molecule has 0 aliphatic heterocycles. The molecule has 2 N–H and O–H groups in total. The fourth-order valence-electron chi connectivity index (χ4n) is 1.41. The molecular weight excluding hydrogens is 197 g/mol. The molecule has 1 heterocycles. The quantitative estimate of drug-likeness (QED) is 0.804. The first kappa shape index (κ1) is 9.37. The summed E-state index contributed by atoms with van der Waals surface area (Å²) in [4.78, 5) is 1.09. The number of hydrogen-bond acceptors (Lipinski definition) is 2. The van der Waals surface area contributed by atoms with E-state index in [1.165, 1.54) is 12.1 Å². The van der Waals surface area contributed by atoms with E-state index in [1.807, 2.05) is 17.5 Å². The summed E-state index contributed by atoms with van der Waals surface area (Å²) in [6.07, 6.45) is 0. The standard InChI is InChI=1S/C11H10FNS/c12-9-3-1-2-8(6-9)10-4-5-14-11(10)7-13/h1-6H,7,13H2. The fraction of sp³-hybridized carbons (Fsp3) is 0.0909. The van der Waals surface area contributed by atoms with E-state index in [9.17, 15) is 4.39 Å². The summed E-state index contributed by atoms with van der Waals surface area (Å²) in [6, 6.07) is 8.55. The Balaban J connectivity index is 2.49. The van der Waals surface area contributed by atoms with Crippen LogP contribution in [0.5, 0.6) is 0 Å². The Hall–Kier alpha value is -1.19. The normalized spacial score (nSPS) is 10.4.